The van der Waals surface area contributed by atoms with Crippen molar-refractivity contribution in [2.45, 2.75) is 31.5 Å². The molecule has 1 aliphatic heterocycles. The van der Waals surface area contributed by atoms with Crippen LogP contribution < -0.4 is 9.47 Å². The van der Waals surface area contributed by atoms with Gasteiger partial charge in [0.15, 0.2) is 6.10 Å². The Balaban J connectivity index is 0.000000479. The standard InChI is InChI=1S/C23H22F2N2O3.C2HF3O2/c1-2-29-19-10-6-4-8-17(19)22(28)27-14-13-23(24,25)20(15-27)30-21-12-11-16-7-3-5-9-18(16)26-21;3-2(4,5)1(6)7/h3-12,20H,2,13-15H2,1H3;(H,6,7). The predicted molar refractivity (Wildman–Crippen MR) is 123 cm³/mol. The molecule has 7 nitrogen and oxygen atoms in total. The Labute approximate surface area is 208 Å². The lowest BCUT2D eigenvalue weighted by atomic mass is 10.0. The Kier molecular flexibility index (Phi) is 8.51. The Morgan fingerprint density at radius 1 is 1.08 bits per heavy atom. The molecule has 0 saturated carbocycles. The molecule has 198 valence electrons. The number of alkyl halides is 5. The second-order valence-electron chi connectivity index (χ2n) is 7.94. The van der Waals surface area contributed by atoms with Gasteiger partial charge in [-0.15, -0.1) is 0 Å². The van der Waals surface area contributed by atoms with E-state index >= 15 is 0 Å². The molecular formula is C25H23F5N2O5. The van der Waals surface area contributed by atoms with Gasteiger partial charge >= 0.3 is 12.1 Å². The fourth-order valence-corrected chi connectivity index (χ4v) is 3.53. The number of fused-ring (bicyclic) bond motifs is 1. The maximum Gasteiger partial charge on any atom is 0.490 e. The van der Waals surface area contributed by atoms with E-state index in [2.05, 4.69) is 4.98 Å². The molecule has 0 radical (unpaired) electrons. The first-order valence-electron chi connectivity index (χ1n) is 11.1. The van der Waals surface area contributed by atoms with Crippen molar-refractivity contribution in [2.24, 2.45) is 0 Å². The Morgan fingerprint density at radius 2 is 1.73 bits per heavy atom. The SMILES string of the molecule is CCOc1ccccc1C(=O)N1CCC(F)(F)C(Oc2ccc3ccccc3n2)C1.O=C(O)C(F)(F)F. The molecule has 1 atom stereocenters. The van der Waals surface area contributed by atoms with Crippen LogP contribution in [0.2, 0.25) is 0 Å². The number of carboxylic acid groups (broad SMARTS) is 1. The molecule has 1 saturated heterocycles. The van der Waals surface area contributed by atoms with Crippen molar-refractivity contribution in [1.82, 2.24) is 9.88 Å². The van der Waals surface area contributed by atoms with Crippen molar-refractivity contribution in [3.63, 3.8) is 0 Å². The van der Waals surface area contributed by atoms with E-state index in [4.69, 9.17) is 19.4 Å². The van der Waals surface area contributed by atoms with Gasteiger partial charge in [-0.3, -0.25) is 4.79 Å². The predicted octanol–water partition coefficient (Wildman–Crippen LogP) is 5.20. The number of rotatable bonds is 5. The lowest BCUT2D eigenvalue weighted by molar-refractivity contribution is -0.192. The van der Waals surface area contributed by atoms with Gasteiger partial charge in [0.25, 0.3) is 11.8 Å². The Morgan fingerprint density at radius 3 is 2.41 bits per heavy atom. The van der Waals surface area contributed by atoms with Gasteiger partial charge in [0.05, 0.1) is 24.2 Å². The average molecular weight is 526 g/mol. The number of halogens is 5. The number of piperidine rings is 1. The number of pyridine rings is 1. The van der Waals surface area contributed by atoms with Crippen LogP contribution >= 0.6 is 0 Å². The first kappa shape index (κ1) is 27.6. The topological polar surface area (TPSA) is 89.0 Å². The molecule has 0 spiro atoms. The van der Waals surface area contributed by atoms with Crippen molar-refractivity contribution in [2.75, 3.05) is 19.7 Å². The van der Waals surface area contributed by atoms with Crippen molar-refractivity contribution in [3.8, 4) is 11.6 Å². The average Bonchev–Trinajstić information content (AvgIpc) is 2.85. The summed E-state index contributed by atoms with van der Waals surface area (Å²) in [5.74, 6) is -5.62. The summed E-state index contributed by atoms with van der Waals surface area (Å²) >= 11 is 0. The highest BCUT2D eigenvalue weighted by molar-refractivity contribution is 5.97. The highest BCUT2D eigenvalue weighted by Gasteiger charge is 2.47. The number of nitrogens with zero attached hydrogens (tertiary/aromatic N) is 2. The minimum Gasteiger partial charge on any atom is -0.493 e. The van der Waals surface area contributed by atoms with E-state index in [-0.39, 0.29) is 24.9 Å². The van der Waals surface area contributed by atoms with Crippen LogP contribution in [0.15, 0.2) is 60.7 Å². The summed E-state index contributed by atoms with van der Waals surface area (Å²) in [4.78, 5) is 27.6. The molecule has 3 aromatic rings. The summed E-state index contributed by atoms with van der Waals surface area (Å²) in [5.41, 5.74) is 1.01. The maximum atomic E-state index is 14.6. The number of benzene rings is 2. The molecule has 0 aliphatic carbocycles. The molecule has 1 amide bonds. The van der Waals surface area contributed by atoms with Gasteiger partial charge in [0, 0.05) is 24.4 Å². The maximum absolute atomic E-state index is 14.6. The van der Waals surface area contributed by atoms with Crippen LogP contribution in [0, 0.1) is 0 Å². The summed E-state index contributed by atoms with van der Waals surface area (Å²) in [5, 5.41) is 8.02. The molecule has 1 fully saturated rings. The van der Waals surface area contributed by atoms with Gasteiger partial charge in [-0.2, -0.15) is 13.2 Å². The smallest absolute Gasteiger partial charge is 0.490 e. The lowest BCUT2D eigenvalue weighted by Gasteiger charge is -2.38. The van der Waals surface area contributed by atoms with E-state index in [0.717, 1.165) is 5.39 Å². The third-order valence-corrected chi connectivity index (χ3v) is 5.36. The highest BCUT2D eigenvalue weighted by Crippen LogP contribution is 2.33. The number of amides is 1. The number of aliphatic carboxylic acids is 1. The zero-order chi connectivity index (χ0) is 27.2. The first-order valence-corrected chi connectivity index (χ1v) is 11.1. The number of likely N-dealkylation sites (tertiary alicyclic amines) is 1. The quantitative estimate of drug-likeness (QED) is 0.460. The fourth-order valence-electron chi connectivity index (χ4n) is 3.53. The summed E-state index contributed by atoms with van der Waals surface area (Å²) < 4.78 is 72.0. The number of ether oxygens (including phenoxy) is 2. The summed E-state index contributed by atoms with van der Waals surface area (Å²) in [6.07, 6.45) is -7.04. The monoisotopic (exact) mass is 526 g/mol. The molecule has 4 rings (SSSR count). The van der Waals surface area contributed by atoms with Crippen molar-refractivity contribution in [1.29, 1.82) is 0 Å². The number of carboxylic acids is 1. The fraction of sp³-hybridized carbons (Fsp3) is 0.320. The van der Waals surface area contributed by atoms with Crippen LogP contribution in [0.4, 0.5) is 22.0 Å². The van der Waals surface area contributed by atoms with Crippen LogP contribution in [-0.2, 0) is 4.79 Å². The third-order valence-electron chi connectivity index (χ3n) is 5.36. The largest absolute Gasteiger partial charge is 0.493 e. The summed E-state index contributed by atoms with van der Waals surface area (Å²) in [7, 11) is 0. The van der Waals surface area contributed by atoms with Gasteiger partial charge < -0.3 is 19.5 Å². The van der Waals surface area contributed by atoms with Crippen molar-refractivity contribution >= 4 is 22.8 Å². The minimum atomic E-state index is -5.08. The van der Waals surface area contributed by atoms with Crippen LogP contribution in [0.5, 0.6) is 11.6 Å². The molecule has 1 N–H and O–H groups in total. The zero-order valence-corrected chi connectivity index (χ0v) is 19.5. The van der Waals surface area contributed by atoms with E-state index in [1.165, 1.54) is 4.90 Å². The molecule has 12 heteroatoms. The van der Waals surface area contributed by atoms with Crippen LogP contribution in [-0.4, -0.2) is 64.8 Å². The molecule has 1 aliphatic rings. The number of hydrogen-bond donors (Lipinski definition) is 1. The molecule has 2 aromatic carbocycles. The molecular weight excluding hydrogens is 503 g/mol. The number of carbonyl (C=O) groups excluding carboxylic acids is 1. The minimum absolute atomic E-state index is 0.0582. The number of para-hydroxylation sites is 2. The second kappa shape index (κ2) is 11.4. The van der Waals surface area contributed by atoms with Crippen LogP contribution in [0.3, 0.4) is 0 Å². The number of carbonyl (C=O) groups is 2. The zero-order valence-electron chi connectivity index (χ0n) is 19.5. The van der Waals surface area contributed by atoms with Crippen molar-refractivity contribution < 1.29 is 46.1 Å². The van der Waals surface area contributed by atoms with Crippen LogP contribution in [0.25, 0.3) is 10.9 Å². The van der Waals surface area contributed by atoms with E-state index in [0.29, 0.717) is 23.4 Å². The summed E-state index contributed by atoms with van der Waals surface area (Å²) in [6, 6.07) is 17.6. The van der Waals surface area contributed by atoms with Gasteiger partial charge in [0.1, 0.15) is 5.75 Å². The molecule has 2 heterocycles. The second-order valence-corrected chi connectivity index (χ2v) is 7.94. The number of hydrogen-bond acceptors (Lipinski definition) is 5. The van der Waals surface area contributed by atoms with Gasteiger partial charge in [-0.25, -0.2) is 18.6 Å². The number of aromatic nitrogens is 1. The molecule has 37 heavy (non-hydrogen) atoms. The Hall–Kier alpha value is -3.96. The molecule has 0 bridgehead atoms. The Bertz CT molecular complexity index is 1250. The van der Waals surface area contributed by atoms with Crippen molar-refractivity contribution in [3.05, 3.63) is 66.2 Å². The first-order chi connectivity index (χ1) is 17.4. The molecule has 1 aromatic heterocycles. The third kappa shape index (κ3) is 7.05. The normalized spacial score (nSPS) is 16.9. The summed E-state index contributed by atoms with van der Waals surface area (Å²) in [6.45, 7) is 1.93. The van der Waals surface area contributed by atoms with Gasteiger partial charge in [0.2, 0.25) is 5.88 Å². The highest BCUT2D eigenvalue weighted by atomic mass is 19.4. The van der Waals surface area contributed by atoms with E-state index in [1.54, 1.807) is 42.5 Å². The van der Waals surface area contributed by atoms with Gasteiger partial charge in [-0.1, -0.05) is 30.3 Å². The lowest BCUT2D eigenvalue weighted by Crippen LogP contribution is -2.55. The van der Waals surface area contributed by atoms with Gasteiger partial charge in [-0.05, 0) is 31.2 Å². The van der Waals surface area contributed by atoms with E-state index < -0.39 is 30.6 Å². The van der Waals surface area contributed by atoms with E-state index in [1.807, 2.05) is 25.1 Å². The molecule has 1 unspecified atom stereocenters. The van der Waals surface area contributed by atoms with E-state index in [9.17, 15) is 26.7 Å². The van der Waals surface area contributed by atoms with Crippen LogP contribution in [0.1, 0.15) is 23.7 Å².